The van der Waals surface area contributed by atoms with E-state index in [1.165, 1.54) is 0 Å². The Labute approximate surface area is 111 Å². The largest absolute Gasteiger partial charge is 0.483 e. The van der Waals surface area contributed by atoms with Crippen molar-refractivity contribution in [3.8, 4) is 5.75 Å². The van der Waals surface area contributed by atoms with Crippen molar-refractivity contribution < 1.29 is 19.1 Å². The average molecular weight is 264 g/mol. The van der Waals surface area contributed by atoms with Crippen molar-refractivity contribution in [1.82, 2.24) is 10.6 Å². The first-order valence-electron chi connectivity index (χ1n) is 5.87. The molecule has 1 aromatic carbocycles. The van der Waals surface area contributed by atoms with Gasteiger partial charge in [-0.25, -0.2) is 0 Å². The monoisotopic (exact) mass is 264 g/mol. The summed E-state index contributed by atoms with van der Waals surface area (Å²) in [5.41, 5.74) is 0.374. The second-order valence-corrected chi connectivity index (χ2v) is 3.67. The molecule has 0 fully saturated rings. The van der Waals surface area contributed by atoms with Gasteiger partial charge in [0.1, 0.15) is 5.75 Å². The molecule has 2 N–H and O–H groups in total. The molecule has 6 heteroatoms. The number of amides is 2. The molecule has 0 unspecified atom stereocenters. The Hall–Kier alpha value is -2.37. The molecule has 0 saturated carbocycles. The van der Waals surface area contributed by atoms with Crippen LogP contribution in [0.2, 0.25) is 0 Å². The standard InChI is InChI=1S/C13H16N2O4/c1-2-14-12(17)7-15-13(18)9-19-11-6-4-3-5-10(11)8-16/h3-6,8H,2,7,9H2,1H3,(H,14,17)(H,15,18). The summed E-state index contributed by atoms with van der Waals surface area (Å²) in [5.74, 6) is -0.346. The van der Waals surface area contributed by atoms with Gasteiger partial charge in [-0.3, -0.25) is 14.4 Å². The van der Waals surface area contributed by atoms with Crippen LogP contribution >= 0.6 is 0 Å². The molecule has 0 aliphatic rings. The van der Waals surface area contributed by atoms with Gasteiger partial charge in [0.25, 0.3) is 5.91 Å². The minimum absolute atomic E-state index is 0.0919. The molecule has 0 atom stereocenters. The van der Waals surface area contributed by atoms with Gasteiger partial charge in [-0.2, -0.15) is 0 Å². The van der Waals surface area contributed by atoms with Gasteiger partial charge < -0.3 is 15.4 Å². The fourth-order valence-corrected chi connectivity index (χ4v) is 1.34. The van der Waals surface area contributed by atoms with E-state index >= 15 is 0 Å². The maximum Gasteiger partial charge on any atom is 0.258 e. The van der Waals surface area contributed by atoms with Gasteiger partial charge in [-0.05, 0) is 19.1 Å². The zero-order valence-electron chi connectivity index (χ0n) is 10.6. The van der Waals surface area contributed by atoms with E-state index in [1.54, 1.807) is 31.2 Å². The molecule has 0 aliphatic heterocycles. The van der Waals surface area contributed by atoms with Crippen molar-refractivity contribution in [2.24, 2.45) is 0 Å². The van der Waals surface area contributed by atoms with E-state index in [4.69, 9.17) is 4.74 Å². The van der Waals surface area contributed by atoms with Crippen LogP contribution in [0.25, 0.3) is 0 Å². The summed E-state index contributed by atoms with van der Waals surface area (Å²) in [6, 6.07) is 6.59. The zero-order chi connectivity index (χ0) is 14.1. The molecule has 0 radical (unpaired) electrons. The third-order valence-corrected chi connectivity index (χ3v) is 2.22. The number of hydrogen-bond acceptors (Lipinski definition) is 4. The van der Waals surface area contributed by atoms with Crippen LogP contribution in [0.4, 0.5) is 0 Å². The van der Waals surface area contributed by atoms with E-state index in [1.807, 2.05) is 0 Å². The topological polar surface area (TPSA) is 84.5 Å². The van der Waals surface area contributed by atoms with E-state index in [2.05, 4.69) is 10.6 Å². The van der Waals surface area contributed by atoms with E-state index in [9.17, 15) is 14.4 Å². The first-order chi connectivity index (χ1) is 9.17. The van der Waals surface area contributed by atoms with E-state index in [0.29, 0.717) is 24.1 Å². The molecule has 0 aromatic heterocycles. The van der Waals surface area contributed by atoms with Gasteiger partial charge in [0.15, 0.2) is 12.9 Å². The number of likely N-dealkylation sites (N-methyl/N-ethyl adjacent to an activating group) is 1. The van der Waals surface area contributed by atoms with Gasteiger partial charge >= 0.3 is 0 Å². The molecule has 6 nitrogen and oxygen atoms in total. The Bertz CT molecular complexity index is 460. The number of nitrogens with one attached hydrogen (secondary N) is 2. The number of para-hydroxylation sites is 1. The maximum absolute atomic E-state index is 11.4. The third-order valence-electron chi connectivity index (χ3n) is 2.22. The molecule has 19 heavy (non-hydrogen) atoms. The number of carbonyl (C=O) groups is 3. The highest BCUT2D eigenvalue weighted by molar-refractivity contribution is 5.85. The van der Waals surface area contributed by atoms with E-state index < -0.39 is 5.91 Å². The average Bonchev–Trinajstić information content (AvgIpc) is 2.43. The lowest BCUT2D eigenvalue weighted by atomic mass is 10.2. The van der Waals surface area contributed by atoms with Crippen LogP contribution in [0.3, 0.4) is 0 Å². The smallest absolute Gasteiger partial charge is 0.258 e. The Morgan fingerprint density at radius 3 is 2.63 bits per heavy atom. The SMILES string of the molecule is CCNC(=O)CNC(=O)COc1ccccc1C=O. The van der Waals surface area contributed by atoms with Gasteiger partial charge in [-0.1, -0.05) is 12.1 Å². The van der Waals surface area contributed by atoms with Gasteiger partial charge in [0, 0.05) is 6.54 Å². The number of carbonyl (C=O) groups excluding carboxylic acids is 3. The Morgan fingerprint density at radius 2 is 1.95 bits per heavy atom. The number of ether oxygens (including phenoxy) is 1. The first-order valence-corrected chi connectivity index (χ1v) is 5.87. The van der Waals surface area contributed by atoms with Gasteiger partial charge in [-0.15, -0.1) is 0 Å². The van der Waals surface area contributed by atoms with Crippen molar-refractivity contribution >= 4 is 18.1 Å². The lowest BCUT2D eigenvalue weighted by Gasteiger charge is -2.08. The third kappa shape index (κ3) is 5.20. The van der Waals surface area contributed by atoms with Crippen LogP contribution in [0, 0.1) is 0 Å². The molecule has 102 valence electrons. The summed E-state index contributed by atoms with van der Waals surface area (Å²) in [5, 5.41) is 4.96. The minimum Gasteiger partial charge on any atom is -0.483 e. The lowest BCUT2D eigenvalue weighted by molar-refractivity contribution is -0.127. The van der Waals surface area contributed by atoms with Gasteiger partial charge in [0.05, 0.1) is 12.1 Å². The zero-order valence-corrected chi connectivity index (χ0v) is 10.6. The summed E-state index contributed by atoms with van der Waals surface area (Å²) in [7, 11) is 0. The molecule has 0 spiro atoms. The Morgan fingerprint density at radius 1 is 1.21 bits per heavy atom. The van der Waals surface area contributed by atoms with Crippen LogP contribution in [-0.4, -0.2) is 37.8 Å². The normalized spacial score (nSPS) is 9.53. The predicted molar refractivity (Wildman–Crippen MR) is 69.0 cm³/mol. The van der Waals surface area contributed by atoms with Crippen LogP contribution in [0.5, 0.6) is 5.75 Å². The highest BCUT2D eigenvalue weighted by Crippen LogP contribution is 2.15. The predicted octanol–water partition coefficient (Wildman–Crippen LogP) is 0.130. The highest BCUT2D eigenvalue weighted by Gasteiger charge is 2.07. The first kappa shape index (κ1) is 14.7. The maximum atomic E-state index is 11.4. The molecule has 0 heterocycles. The molecule has 0 aliphatic carbocycles. The fourth-order valence-electron chi connectivity index (χ4n) is 1.34. The molecule has 1 rings (SSSR count). The summed E-state index contributed by atoms with van der Waals surface area (Å²) in [6.45, 7) is 1.97. The number of hydrogen-bond donors (Lipinski definition) is 2. The van der Waals surface area contributed by atoms with Crippen LogP contribution in [0.1, 0.15) is 17.3 Å². The molecular formula is C13H16N2O4. The van der Waals surface area contributed by atoms with Crippen molar-refractivity contribution in [3.05, 3.63) is 29.8 Å². The minimum atomic E-state index is -0.424. The summed E-state index contributed by atoms with van der Waals surface area (Å²) in [4.78, 5) is 33.3. The van der Waals surface area contributed by atoms with Crippen LogP contribution in [-0.2, 0) is 9.59 Å². The highest BCUT2D eigenvalue weighted by atomic mass is 16.5. The summed E-state index contributed by atoms with van der Waals surface area (Å²) < 4.78 is 5.21. The van der Waals surface area contributed by atoms with Crippen molar-refractivity contribution in [1.29, 1.82) is 0 Å². The molecule has 2 amide bonds. The number of rotatable bonds is 7. The van der Waals surface area contributed by atoms with Gasteiger partial charge in [0.2, 0.25) is 5.91 Å². The van der Waals surface area contributed by atoms with Crippen molar-refractivity contribution in [3.63, 3.8) is 0 Å². The van der Waals surface area contributed by atoms with Crippen LogP contribution in [0.15, 0.2) is 24.3 Å². The molecule has 0 bridgehead atoms. The summed E-state index contributed by atoms with van der Waals surface area (Å²) >= 11 is 0. The van der Waals surface area contributed by atoms with E-state index in [-0.39, 0.29) is 19.1 Å². The molecule has 1 aromatic rings. The quantitative estimate of drug-likeness (QED) is 0.686. The van der Waals surface area contributed by atoms with Crippen molar-refractivity contribution in [2.75, 3.05) is 19.7 Å². The van der Waals surface area contributed by atoms with Crippen molar-refractivity contribution in [2.45, 2.75) is 6.92 Å². The van der Waals surface area contributed by atoms with E-state index in [0.717, 1.165) is 0 Å². The molecule has 0 saturated heterocycles. The second-order valence-electron chi connectivity index (χ2n) is 3.67. The van der Waals surface area contributed by atoms with Crippen LogP contribution < -0.4 is 15.4 Å². The number of aldehydes is 1. The Balaban J connectivity index is 2.38. The second kappa shape index (κ2) is 7.86. The molecular weight excluding hydrogens is 248 g/mol. The fraction of sp³-hybridized carbons (Fsp3) is 0.308. The lowest BCUT2D eigenvalue weighted by Crippen LogP contribution is -2.38. The summed E-state index contributed by atoms with van der Waals surface area (Å²) in [6.07, 6.45) is 0.655. The Kier molecular flexibility index (Phi) is 6.08. The number of benzene rings is 1.